The first-order valence-corrected chi connectivity index (χ1v) is 11.1. The van der Waals surface area contributed by atoms with Crippen molar-refractivity contribution in [2.45, 2.75) is 32.4 Å². The number of carboxylic acid groups (broad SMARTS) is 1. The van der Waals surface area contributed by atoms with Crippen molar-refractivity contribution in [2.24, 2.45) is 0 Å². The third kappa shape index (κ3) is 4.65. The van der Waals surface area contributed by atoms with Crippen LogP contribution in [0.1, 0.15) is 36.7 Å². The van der Waals surface area contributed by atoms with Crippen molar-refractivity contribution >= 4 is 34.5 Å². The van der Waals surface area contributed by atoms with E-state index in [1.807, 2.05) is 24.3 Å². The van der Waals surface area contributed by atoms with E-state index >= 15 is 0 Å². The van der Waals surface area contributed by atoms with E-state index in [1.165, 1.54) is 4.90 Å². The zero-order chi connectivity index (χ0) is 23.9. The molecule has 0 aliphatic carbocycles. The molecule has 2 N–H and O–H groups in total. The molecule has 2 heterocycles. The van der Waals surface area contributed by atoms with Gasteiger partial charge in [-0.1, -0.05) is 41.9 Å². The summed E-state index contributed by atoms with van der Waals surface area (Å²) in [7, 11) is 0. The second-order valence-corrected chi connectivity index (χ2v) is 9.34. The second-order valence-electron chi connectivity index (χ2n) is 8.93. The van der Waals surface area contributed by atoms with Gasteiger partial charge < -0.3 is 20.0 Å². The minimum absolute atomic E-state index is 0.161. The first-order chi connectivity index (χ1) is 15.5. The van der Waals surface area contributed by atoms with E-state index in [0.717, 1.165) is 16.5 Å². The van der Waals surface area contributed by atoms with Gasteiger partial charge >= 0.3 is 6.09 Å². The van der Waals surface area contributed by atoms with Gasteiger partial charge in [-0.15, -0.1) is 0 Å². The second kappa shape index (κ2) is 8.65. The van der Waals surface area contributed by atoms with E-state index in [-0.39, 0.29) is 18.5 Å². The number of aromatic nitrogens is 1. The summed E-state index contributed by atoms with van der Waals surface area (Å²) in [6.07, 6.45) is -0.970. The Morgan fingerprint density at radius 2 is 1.79 bits per heavy atom. The average molecular weight is 468 g/mol. The Morgan fingerprint density at radius 3 is 2.39 bits per heavy atom. The molecule has 3 aromatic rings. The highest BCUT2D eigenvalue weighted by Gasteiger charge is 2.30. The molecule has 0 spiro atoms. The number of amides is 2. The number of aliphatic hydroxyl groups is 1. The van der Waals surface area contributed by atoms with Crippen molar-refractivity contribution in [3.8, 4) is 11.3 Å². The lowest BCUT2D eigenvalue weighted by molar-refractivity contribution is 0.0507. The zero-order valence-corrected chi connectivity index (χ0v) is 19.5. The Kier molecular flexibility index (Phi) is 6.03. The van der Waals surface area contributed by atoms with Crippen molar-refractivity contribution in [1.82, 2.24) is 14.8 Å². The number of piperazine rings is 1. The van der Waals surface area contributed by atoms with Gasteiger partial charge in [0.1, 0.15) is 0 Å². The number of carbonyl (C=O) groups is 2. The predicted octanol–water partition coefficient (Wildman–Crippen LogP) is 4.61. The molecule has 172 valence electrons. The van der Waals surface area contributed by atoms with Crippen molar-refractivity contribution in [3.63, 3.8) is 0 Å². The molecule has 7 nitrogen and oxygen atoms in total. The van der Waals surface area contributed by atoms with Crippen LogP contribution in [0.2, 0.25) is 5.02 Å². The van der Waals surface area contributed by atoms with Crippen LogP contribution in [0.5, 0.6) is 0 Å². The highest BCUT2D eigenvalue weighted by molar-refractivity contribution is 6.35. The van der Waals surface area contributed by atoms with Crippen LogP contribution in [-0.2, 0) is 5.60 Å². The summed E-state index contributed by atoms with van der Waals surface area (Å²) in [5.41, 5.74) is 2.47. The van der Waals surface area contributed by atoms with Crippen LogP contribution < -0.4 is 0 Å². The van der Waals surface area contributed by atoms with Gasteiger partial charge in [-0.25, -0.2) is 9.78 Å². The Bertz CT molecular complexity index is 1220. The molecule has 0 bridgehead atoms. The first kappa shape index (κ1) is 23.0. The molecule has 2 amide bonds. The van der Waals surface area contributed by atoms with Gasteiger partial charge in [-0.3, -0.25) is 4.79 Å². The third-order valence-electron chi connectivity index (χ3n) is 6.05. The predicted molar refractivity (Wildman–Crippen MR) is 128 cm³/mol. The fraction of sp³-hybridized carbons (Fsp3) is 0.320. The number of halogens is 1. The molecule has 1 aliphatic rings. The van der Waals surface area contributed by atoms with Gasteiger partial charge in [-0.2, -0.15) is 0 Å². The monoisotopic (exact) mass is 467 g/mol. The molecule has 8 heteroatoms. The lowest BCUT2D eigenvalue weighted by Gasteiger charge is -2.38. The highest BCUT2D eigenvalue weighted by Crippen LogP contribution is 2.30. The van der Waals surface area contributed by atoms with Crippen LogP contribution in [0.15, 0.2) is 48.5 Å². The molecular formula is C25H26ClN3O4. The summed E-state index contributed by atoms with van der Waals surface area (Å²) in [6.45, 7) is 6.22. The van der Waals surface area contributed by atoms with E-state index in [4.69, 9.17) is 16.6 Å². The van der Waals surface area contributed by atoms with Crippen LogP contribution in [0.4, 0.5) is 4.79 Å². The standard InChI is InChI=1S/C25H26ClN3O4/c1-15-14-28(10-11-29(15)24(31)32)23(30)17-6-9-19-20(26)13-21(27-22(19)12-17)16-4-7-18(8-5-16)25(2,3)33/h4-9,12-13,15,33H,10-11,14H2,1-3H3,(H,31,32)/t15-/m0/s1. The van der Waals surface area contributed by atoms with Crippen molar-refractivity contribution < 1.29 is 19.8 Å². The smallest absolute Gasteiger partial charge is 0.407 e. The molecule has 33 heavy (non-hydrogen) atoms. The Labute approximate surface area is 197 Å². The molecule has 0 radical (unpaired) electrons. The van der Waals surface area contributed by atoms with Gasteiger partial charge in [0.2, 0.25) is 0 Å². The summed E-state index contributed by atoms with van der Waals surface area (Å²) in [4.78, 5) is 32.2. The van der Waals surface area contributed by atoms with Crippen LogP contribution in [0.3, 0.4) is 0 Å². The quantitative estimate of drug-likeness (QED) is 0.586. The summed E-state index contributed by atoms with van der Waals surface area (Å²) >= 11 is 6.52. The first-order valence-electron chi connectivity index (χ1n) is 10.8. The SMILES string of the molecule is C[C@H]1CN(C(=O)c2ccc3c(Cl)cc(-c4ccc(C(C)(C)O)cc4)nc3c2)CCN1C(=O)O. The van der Waals surface area contributed by atoms with Gasteiger partial charge in [0.05, 0.1) is 21.8 Å². The van der Waals surface area contributed by atoms with Gasteiger partial charge in [0, 0.05) is 42.2 Å². The van der Waals surface area contributed by atoms with Crippen LogP contribution in [0, 0.1) is 0 Å². The molecule has 4 rings (SSSR count). The van der Waals surface area contributed by atoms with Gasteiger partial charge in [-0.05, 0) is 44.5 Å². The van der Waals surface area contributed by atoms with Crippen molar-refractivity contribution in [2.75, 3.05) is 19.6 Å². The van der Waals surface area contributed by atoms with E-state index in [1.54, 1.807) is 49.9 Å². The number of benzene rings is 2. The van der Waals surface area contributed by atoms with Crippen molar-refractivity contribution in [1.29, 1.82) is 0 Å². The maximum absolute atomic E-state index is 13.1. The van der Waals surface area contributed by atoms with E-state index < -0.39 is 11.7 Å². The number of rotatable bonds is 3. The topological polar surface area (TPSA) is 94.0 Å². The number of fused-ring (bicyclic) bond motifs is 1. The molecule has 0 saturated carbocycles. The van der Waals surface area contributed by atoms with E-state index in [2.05, 4.69) is 0 Å². The fourth-order valence-electron chi connectivity index (χ4n) is 4.12. The largest absolute Gasteiger partial charge is 0.465 e. The zero-order valence-electron chi connectivity index (χ0n) is 18.7. The molecule has 0 unspecified atom stereocenters. The number of hydrogen-bond acceptors (Lipinski definition) is 4. The number of pyridine rings is 1. The minimum atomic E-state index is -0.970. The lowest BCUT2D eigenvalue weighted by atomic mass is 9.96. The number of hydrogen-bond donors (Lipinski definition) is 2. The summed E-state index contributed by atoms with van der Waals surface area (Å²) in [5.74, 6) is -0.161. The molecule has 1 aromatic heterocycles. The molecule has 2 aromatic carbocycles. The summed E-state index contributed by atoms with van der Waals surface area (Å²) in [5, 5.41) is 20.7. The van der Waals surface area contributed by atoms with Crippen LogP contribution >= 0.6 is 11.6 Å². The average Bonchev–Trinajstić information content (AvgIpc) is 2.77. The lowest BCUT2D eigenvalue weighted by Crippen LogP contribution is -2.55. The highest BCUT2D eigenvalue weighted by atomic mass is 35.5. The number of nitrogens with zero attached hydrogens (tertiary/aromatic N) is 3. The molecule has 1 saturated heterocycles. The Morgan fingerprint density at radius 1 is 1.09 bits per heavy atom. The van der Waals surface area contributed by atoms with Crippen molar-refractivity contribution in [3.05, 3.63) is 64.7 Å². The summed E-state index contributed by atoms with van der Waals surface area (Å²) in [6, 6.07) is 14.2. The third-order valence-corrected chi connectivity index (χ3v) is 6.37. The number of carbonyl (C=O) groups excluding carboxylic acids is 1. The molecular weight excluding hydrogens is 442 g/mol. The Balaban J connectivity index is 1.63. The van der Waals surface area contributed by atoms with Crippen LogP contribution in [0.25, 0.3) is 22.2 Å². The fourth-order valence-corrected chi connectivity index (χ4v) is 4.39. The maximum atomic E-state index is 13.1. The summed E-state index contributed by atoms with van der Waals surface area (Å²) < 4.78 is 0. The minimum Gasteiger partial charge on any atom is -0.465 e. The van der Waals surface area contributed by atoms with E-state index in [0.29, 0.717) is 34.9 Å². The van der Waals surface area contributed by atoms with Gasteiger partial charge in [0.25, 0.3) is 5.91 Å². The maximum Gasteiger partial charge on any atom is 0.407 e. The van der Waals surface area contributed by atoms with Crippen LogP contribution in [-0.4, -0.2) is 62.7 Å². The normalized spacial score (nSPS) is 16.8. The molecule has 1 fully saturated rings. The van der Waals surface area contributed by atoms with E-state index in [9.17, 15) is 19.8 Å². The molecule has 1 aliphatic heterocycles. The Hall–Kier alpha value is -3.16. The van der Waals surface area contributed by atoms with Gasteiger partial charge in [0.15, 0.2) is 0 Å². The molecule has 1 atom stereocenters.